The minimum Gasteiger partial charge on any atom is -0.303 e. The molecule has 4 heteroatoms. The molecule has 2 heterocycles. The molecule has 0 aliphatic rings. The number of imidazole rings is 2. The Morgan fingerprint density at radius 2 is 2.00 bits per heavy atom. The topological polar surface area (TPSA) is 37.5 Å². The van der Waals surface area contributed by atoms with Crippen LogP contribution in [-0.2, 0) is 5.54 Å². The van der Waals surface area contributed by atoms with Crippen molar-refractivity contribution in [1.29, 1.82) is 0 Å². The van der Waals surface area contributed by atoms with Crippen LogP contribution in [0.2, 0.25) is 0 Å². The zero-order valence-corrected chi connectivity index (χ0v) is 10.9. The van der Waals surface area contributed by atoms with E-state index in [4.69, 9.17) is 0 Å². The van der Waals surface area contributed by atoms with Crippen molar-refractivity contribution in [3.63, 3.8) is 0 Å². The van der Waals surface area contributed by atoms with Gasteiger partial charge in [0.2, 0.25) is 0 Å². The van der Waals surface area contributed by atoms with E-state index in [1.807, 2.05) is 35.0 Å². The third-order valence-corrected chi connectivity index (χ3v) is 3.03. The highest BCUT2D eigenvalue weighted by Gasteiger charge is 2.20. The molecule has 4 nitrogen and oxygen atoms in total. The monoisotopic (exact) mass is 241 g/mol. The van der Waals surface area contributed by atoms with E-state index in [2.05, 4.69) is 47.8 Å². The van der Waals surface area contributed by atoms with Crippen LogP contribution in [0.5, 0.6) is 0 Å². The van der Waals surface area contributed by atoms with Gasteiger partial charge in [0.1, 0.15) is 17.9 Å². The first-order chi connectivity index (χ1) is 8.54. The van der Waals surface area contributed by atoms with Gasteiger partial charge >= 0.3 is 5.95 Å². The fourth-order valence-electron chi connectivity index (χ4n) is 1.94. The van der Waals surface area contributed by atoms with Gasteiger partial charge in [0.25, 0.3) is 6.33 Å². The van der Waals surface area contributed by atoms with Crippen LogP contribution >= 0.6 is 0 Å². The predicted octanol–water partition coefficient (Wildman–Crippen LogP) is 2.40. The van der Waals surface area contributed by atoms with Gasteiger partial charge in [-0.15, -0.1) is 0 Å². The quantitative estimate of drug-likeness (QED) is 0.653. The van der Waals surface area contributed by atoms with Gasteiger partial charge in [-0.1, -0.05) is 12.1 Å². The summed E-state index contributed by atoms with van der Waals surface area (Å²) in [4.78, 5) is 7.89. The van der Waals surface area contributed by atoms with Gasteiger partial charge in [-0.05, 0) is 32.9 Å². The molecule has 3 rings (SSSR count). The van der Waals surface area contributed by atoms with E-state index in [1.165, 1.54) is 0 Å². The van der Waals surface area contributed by atoms with Crippen LogP contribution < -0.4 is 4.57 Å². The van der Waals surface area contributed by atoms with Crippen molar-refractivity contribution in [1.82, 2.24) is 14.5 Å². The Balaban J connectivity index is 2.06. The van der Waals surface area contributed by atoms with Crippen LogP contribution in [0, 0.1) is 0 Å². The Morgan fingerprint density at radius 1 is 1.22 bits per heavy atom. The lowest BCUT2D eigenvalue weighted by Crippen LogP contribution is -2.48. The summed E-state index contributed by atoms with van der Waals surface area (Å²) in [6.45, 7) is 6.53. The first-order valence-electron chi connectivity index (χ1n) is 6.09. The number of para-hydroxylation sites is 2. The Labute approximate surface area is 106 Å². The lowest BCUT2D eigenvalue weighted by molar-refractivity contribution is -0.753. The number of fused-ring (bicyclic) bond motifs is 1. The number of hydrogen-bond acceptors (Lipinski definition) is 1. The molecule has 1 N–H and O–H groups in total. The minimum absolute atomic E-state index is 0.0806. The molecule has 0 aliphatic heterocycles. The van der Waals surface area contributed by atoms with Gasteiger partial charge < -0.3 is 4.98 Å². The zero-order valence-electron chi connectivity index (χ0n) is 10.9. The molecule has 0 saturated carbocycles. The van der Waals surface area contributed by atoms with E-state index < -0.39 is 0 Å². The molecule has 0 fully saturated rings. The van der Waals surface area contributed by atoms with Gasteiger partial charge in [0.05, 0.1) is 11.0 Å². The van der Waals surface area contributed by atoms with Crippen LogP contribution in [-0.4, -0.2) is 14.5 Å². The Bertz CT molecular complexity index is 652. The molecule has 0 unspecified atom stereocenters. The van der Waals surface area contributed by atoms with Crippen molar-refractivity contribution in [2.24, 2.45) is 0 Å². The Morgan fingerprint density at radius 3 is 2.67 bits per heavy atom. The summed E-state index contributed by atoms with van der Waals surface area (Å²) in [6.07, 6.45) is 6.13. The third-order valence-electron chi connectivity index (χ3n) is 3.03. The molecule has 0 amide bonds. The molecule has 0 bridgehead atoms. The van der Waals surface area contributed by atoms with Crippen molar-refractivity contribution >= 4 is 11.0 Å². The maximum absolute atomic E-state index is 4.57. The summed E-state index contributed by atoms with van der Waals surface area (Å²) < 4.78 is 4.17. The highest BCUT2D eigenvalue weighted by molar-refractivity contribution is 5.75. The van der Waals surface area contributed by atoms with Crippen LogP contribution in [0.4, 0.5) is 0 Å². The van der Waals surface area contributed by atoms with Gasteiger partial charge in [-0.25, -0.2) is 4.57 Å². The number of benzene rings is 1. The first kappa shape index (κ1) is 11.0. The molecule has 0 radical (unpaired) electrons. The molecule has 0 spiro atoms. The van der Waals surface area contributed by atoms with Gasteiger partial charge in [-0.3, -0.25) is 0 Å². The number of hydrogen-bond donors (Lipinski definition) is 1. The summed E-state index contributed by atoms with van der Waals surface area (Å²) >= 11 is 0. The number of rotatable bonds is 1. The summed E-state index contributed by atoms with van der Waals surface area (Å²) in [5.74, 6) is 0.846. The third kappa shape index (κ3) is 1.79. The van der Waals surface area contributed by atoms with Crippen molar-refractivity contribution < 1.29 is 4.57 Å². The smallest absolute Gasteiger partial charge is 0.303 e. The normalized spacial score (nSPS) is 12.2. The summed E-state index contributed by atoms with van der Waals surface area (Å²) in [5, 5.41) is 0. The molecule has 0 saturated heterocycles. The van der Waals surface area contributed by atoms with E-state index in [9.17, 15) is 0 Å². The molecule has 2 aromatic heterocycles. The highest BCUT2D eigenvalue weighted by Crippen LogP contribution is 2.13. The van der Waals surface area contributed by atoms with Crippen LogP contribution in [0.15, 0.2) is 43.0 Å². The maximum atomic E-state index is 4.57. The van der Waals surface area contributed by atoms with Crippen LogP contribution in [0.25, 0.3) is 17.0 Å². The fourth-order valence-corrected chi connectivity index (χ4v) is 1.94. The van der Waals surface area contributed by atoms with Crippen LogP contribution in [0.1, 0.15) is 20.8 Å². The van der Waals surface area contributed by atoms with E-state index >= 15 is 0 Å². The molecule has 0 atom stereocenters. The fraction of sp³-hybridized carbons (Fsp3) is 0.286. The highest BCUT2D eigenvalue weighted by atomic mass is 15.2. The number of nitrogens with zero attached hydrogens (tertiary/aromatic N) is 3. The number of aromatic amines is 1. The minimum atomic E-state index is 0.0806. The lowest BCUT2D eigenvalue weighted by atomic mass is 10.1. The van der Waals surface area contributed by atoms with E-state index in [0.29, 0.717) is 0 Å². The number of H-pyrrole nitrogens is 1. The van der Waals surface area contributed by atoms with E-state index in [0.717, 1.165) is 17.0 Å². The maximum Gasteiger partial charge on any atom is 0.304 e. The molecular formula is C14H17N4+. The largest absolute Gasteiger partial charge is 0.304 e. The second-order valence-electron chi connectivity index (χ2n) is 5.48. The first-order valence-corrected chi connectivity index (χ1v) is 6.09. The average molecular weight is 241 g/mol. The average Bonchev–Trinajstić information content (AvgIpc) is 2.94. The summed E-state index contributed by atoms with van der Waals surface area (Å²) in [5.41, 5.74) is 2.13. The predicted molar refractivity (Wildman–Crippen MR) is 70.6 cm³/mol. The van der Waals surface area contributed by atoms with Crippen molar-refractivity contribution in [2.75, 3.05) is 0 Å². The molecule has 92 valence electrons. The Kier molecular flexibility index (Phi) is 2.26. The van der Waals surface area contributed by atoms with Crippen molar-refractivity contribution in [2.45, 2.75) is 26.3 Å². The Hall–Kier alpha value is -2.10. The summed E-state index contributed by atoms with van der Waals surface area (Å²) in [6, 6.07) is 8.05. The summed E-state index contributed by atoms with van der Waals surface area (Å²) in [7, 11) is 0. The number of aromatic nitrogens is 4. The van der Waals surface area contributed by atoms with Gasteiger partial charge in [0.15, 0.2) is 0 Å². The van der Waals surface area contributed by atoms with Crippen LogP contribution in [0.3, 0.4) is 0 Å². The van der Waals surface area contributed by atoms with Crippen molar-refractivity contribution in [3.05, 3.63) is 43.0 Å². The second kappa shape index (κ2) is 3.70. The van der Waals surface area contributed by atoms with E-state index in [1.54, 1.807) is 0 Å². The molecular weight excluding hydrogens is 224 g/mol. The SMILES string of the molecule is CC(C)(C)[n+]1ccn(-c2nc3ccccc3[nH]2)c1. The molecule has 18 heavy (non-hydrogen) atoms. The van der Waals surface area contributed by atoms with Crippen molar-refractivity contribution in [3.8, 4) is 5.95 Å². The second-order valence-corrected chi connectivity index (χ2v) is 5.48. The molecule has 3 aromatic rings. The standard InChI is InChI=1S/C14H17N4/c1-14(2,3)18-9-8-17(10-18)13-15-11-6-4-5-7-12(11)16-13/h4-10H,1-3H3,(H,15,16)/q+1. The van der Waals surface area contributed by atoms with Gasteiger partial charge in [-0.2, -0.15) is 9.55 Å². The molecule has 1 aromatic carbocycles. The van der Waals surface area contributed by atoms with Gasteiger partial charge in [0, 0.05) is 0 Å². The molecule has 0 aliphatic carbocycles. The lowest BCUT2D eigenvalue weighted by Gasteiger charge is -2.13. The number of nitrogens with one attached hydrogen (secondary N) is 1. The zero-order chi connectivity index (χ0) is 12.8. The van der Waals surface area contributed by atoms with E-state index in [-0.39, 0.29) is 5.54 Å².